The molecule has 1 aliphatic carbocycles. The molecule has 0 unspecified atom stereocenters. The molecule has 0 heterocycles. The number of hydrogen-bond donors (Lipinski definition) is 2. The molecule has 0 fully saturated rings. The van der Waals surface area contributed by atoms with Crippen LogP contribution in [-0.4, -0.2) is 23.8 Å². The largest absolute Gasteiger partial charge is 0.444 e. The Morgan fingerprint density at radius 3 is 2.48 bits per heavy atom. The van der Waals surface area contributed by atoms with Gasteiger partial charge in [0, 0.05) is 12.6 Å². The second-order valence-electron chi connectivity index (χ2n) is 7.04. The first-order valence-corrected chi connectivity index (χ1v) is 8.37. The van der Waals surface area contributed by atoms with Gasteiger partial charge in [-0.1, -0.05) is 42.5 Å². The van der Waals surface area contributed by atoms with Crippen molar-refractivity contribution in [2.24, 2.45) is 0 Å². The van der Waals surface area contributed by atoms with Gasteiger partial charge in [-0.2, -0.15) is 0 Å². The Morgan fingerprint density at radius 2 is 1.78 bits per heavy atom. The van der Waals surface area contributed by atoms with Crippen LogP contribution in [0.3, 0.4) is 0 Å². The molecule has 1 aromatic rings. The molecule has 4 heteroatoms. The van der Waals surface area contributed by atoms with E-state index in [1.54, 1.807) is 0 Å². The lowest BCUT2D eigenvalue weighted by Gasteiger charge is -2.21. The van der Waals surface area contributed by atoms with E-state index in [9.17, 15) is 4.79 Å². The molecule has 23 heavy (non-hydrogen) atoms. The smallest absolute Gasteiger partial charge is 0.408 e. The second-order valence-corrected chi connectivity index (χ2v) is 7.04. The van der Waals surface area contributed by atoms with E-state index in [2.05, 4.69) is 47.1 Å². The maximum atomic E-state index is 11.8. The average Bonchev–Trinajstić information content (AvgIpc) is 2.69. The van der Waals surface area contributed by atoms with Gasteiger partial charge in [0.05, 0.1) is 6.04 Å². The van der Waals surface area contributed by atoms with Crippen molar-refractivity contribution in [3.05, 3.63) is 48.0 Å². The molecular weight excluding hydrogens is 288 g/mol. The van der Waals surface area contributed by atoms with Crippen LogP contribution in [0.2, 0.25) is 0 Å². The molecule has 2 rings (SSSR count). The van der Waals surface area contributed by atoms with Gasteiger partial charge in [0.25, 0.3) is 0 Å². The zero-order chi connectivity index (χ0) is 16.7. The zero-order valence-electron chi connectivity index (χ0n) is 14.3. The van der Waals surface area contributed by atoms with Crippen LogP contribution < -0.4 is 10.6 Å². The minimum atomic E-state index is -0.460. The van der Waals surface area contributed by atoms with E-state index in [1.165, 1.54) is 5.56 Å². The number of hydrogen-bond acceptors (Lipinski definition) is 3. The minimum Gasteiger partial charge on any atom is -0.444 e. The molecule has 1 amide bonds. The third-order valence-electron chi connectivity index (χ3n) is 3.72. The highest BCUT2D eigenvalue weighted by atomic mass is 16.6. The van der Waals surface area contributed by atoms with Crippen LogP contribution in [0.1, 0.15) is 45.6 Å². The lowest BCUT2D eigenvalue weighted by Crippen LogP contribution is -2.38. The van der Waals surface area contributed by atoms with Crippen molar-refractivity contribution in [3.8, 4) is 0 Å². The number of carbonyl (C=O) groups is 1. The molecule has 4 nitrogen and oxygen atoms in total. The molecule has 0 radical (unpaired) electrons. The van der Waals surface area contributed by atoms with E-state index in [1.807, 2.05) is 26.8 Å². The number of rotatable bonds is 4. The summed E-state index contributed by atoms with van der Waals surface area (Å²) in [5, 5.41) is 6.49. The summed E-state index contributed by atoms with van der Waals surface area (Å²) in [6.07, 6.45) is 7.00. The molecule has 0 saturated heterocycles. The first-order valence-electron chi connectivity index (χ1n) is 8.37. The van der Waals surface area contributed by atoms with Crippen molar-refractivity contribution in [1.82, 2.24) is 10.6 Å². The highest BCUT2D eigenvalue weighted by molar-refractivity contribution is 5.68. The summed E-state index contributed by atoms with van der Waals surface area (Å²) in [6.45, 7) is 6.48. The van der Waals surface area contributed by atoms with Gasteiger partial charge < -0.3 is 15.4 Å². The monoisotopic (exact) mass is 316 g/mol. The van der Waals surface area contributed by atoms with Gasteiger partial charge in [0.2, 0.25) is 0 Å². The molecule has 2 atom stereocenters. The van der Waals surface area contributed by atoms with Crippen LogP contribution in [0.15, 0.2) is 42.5 Å². The lowest BCUT2D eigenvalue weighted by atomic mass is 10.1. The van der Waals surface area contributed by atoms with Crippen LogP contribution in [0.4, 0.5) is 4.79 Å². The summed E-state index contributed by atoms with van der Waals surface area (Å²) in [7, 11) is 0. The van der Waals surface area contributed by atoms with Crippen LogP contribution in [0.25, 0.3) is 0 Å². The second kappa shape index (κ2) is 8.16. The highest BCUT2D eigenvalue weighted by Gasteiger charge is 2.20. The molecule has 0 saturated carbocycles. The predicted octanol–water partition coefficient (Wildman–Crippen LogP) is 3.78. The Morgan fingerprint density at radius 1 is 1.13 bits per heavy atom. The van der Waals surface area contributed by atoms with E-state index < -0.39 is 5.60 Å². The van der Waals surface area contributed by atoms with Crippen molar-refractivity contribution in [2.75, 3.05) is 0 Å². The van der Waals surface area contributed by atoms with E-state index in [0.717, 1.165) is 25.8 Å². The van der Waals surface area contributed by atoms with Gasteiger partial charge in [-0.15, -0.1) is 0 Å². The first kappa shape index (κ1) is 17.5. The SMILES string of the molecule is CC(C)(C)OC(=O)N[C@H]1C=C[C@@H](NCc2ccccc2)CCC1. The third-order valence-corrected chi connectivity index (χ3v) is 3.72. The van der Waals surface area contributed by atoms with Gasteiger partial charge >= 0.3 is 6.09 Å². The Kier molecular flexibility index (Phi) is 6.22. The minimum absolute atomic E-state index is 0.0494. The summed E-state index contributed by atoms with van der Waals surface area (Å²) in [6, 6.07) is 10.8. The lowest BCUT2D eigenvalue weighted by molar-refractivity contribution is 0.0512. The molecule has 0 aliphatic heterocycles. The van der Waals surface area contributed by atoms with Gasteiger partial charge in [-0.3, -0.25) is 0 Å². The molecule has 2 N–H and O–H groups in total. The normalized spacial score (nSPS) is 21.5. The summed E-state index contributed by atoms with van der Waals surface area (Å²) >= 11 is 0. The standard InChI is InChI=1S/C19H28N2O2/c1-19(2,3)23-18(22)21-17-11-7-10-16(12-13-17)20-14-15-8-5-4-6-9-15/h4-6,8-9,12-13,16-17,20H,7,10-11,14H2,1-3H3,(H,21,22)/t16-,17+/m0/s1. The summed E-state index contributed by atoms with van der Waals surface area (Å²) < 4.78 is 5.31. The third kappa shape index (κ3) is 6.87. The maximum Gasteiger partial charge on any atom is 0.408 e. The Hall–Kier alpha value is -1.81. The van der Waals surface area contributed by atoms with Crippen LogP contribution in [0, 0.1) is 0 Å². The molecule has 126 valence electrons. The van der Waals surface area contributed by atoms with Crippen molar-refractivity contribution >= 4 is 6.09 Å². The number of alkyl carbamates (subject to hydrolysis) is 1. The van der Waals surface area contributed by atoms with Gasteiger partial charge in [0.1, 0.15) is 5.60 Å². The van der Waals surface area contributed by atoms with E-state index in [-0.39, 0.29) is 12.1 Å². The molecule has 1 aromatic carbocycles. The van der Waals surface area contributed by atoms with Crippen molar-refractivity contribution in [3.63, 3.8) is 0 Å². The first-order chi connectivity index (χ1) is 10.9. The van der Waals surface area contributed by atoms with E-state index in [4.69, 9.17) is 4.74 Å². The van der Waals surface area contributed by atoms with Crippen molar-refractivity contribution < 1.29 is 9.53 Å². The number of carbonyl (C=O) groups excluding carboxylic acids is 1. The molecule has 0 bridgehead atoms. The molecule has 0 aromatic heterocycles. The van der Waals surface area contributed by atoms with Crippen molar-refractivity contribution in [1.29, 1.82) is 0 Å². The number of benzene rings is 1. The molecular formula is C19H28N2O2. The molecule has 1 aliphatic rings. The fraction of sp³-hybridized carbons (Fsp3) is 0.526. The van der Waals surface area contributed by atoms with E-state index >= 15 is 0 Å². The summed E-state index contributed by atoms with van der Waals surface area (Å²) in [5.41, 5.74) is 0.826. The van der Waals surface area contributed by atoms with E-state index in [0.29, 0.717) is 6.04 Å². The fourth-order valence-electron chi connectivity index (χ4n) is 2.61. The van der Waals surface area contributed by atoms with Crippen molar-refractivity contribution in [2.45, 2.75) is 64.3 Å². The molecule has 0 spiro atoms. The van der Waals surface area contributed by atoms with Crippen LogP contribution >= 0.6 is 0 Å². The fourth-order valence-corrected chi connectivity index (χ4v) is 2.61. The van der Waals surface area contributed by atoms with Crippen LogP contribution in [-0.2, 0) is 11.3 Å². The number of ether oxygens (including phenoxy) is 1. The topological polar surface area (TPSA) is 50.4 Å². The van der Waals surface area contributed by atoms with Crippen LogP contribution in [0.5, 0.6) is 0 Å². The number of amides is 1. The van der Waals surface area contributed by atoms with Gasteiger partial charge in [-0.05, 0) is 45.6 Å². The quantitative estimate of drug-likeness (QED) is 0.831. The zero-order valence-corrected chi connectivity index (χ0v) is 14.3. The Bertz CT molecular complexity index is 520. The maximum absolute atomic E-state index is 11.8. The highest BCUT2D eigenvalue weighted by Crippen LogP contribution is 2.14. The van der Waals surface area contributed by atoms with Gasteiger partial charge in [0.15, 0.2) is 0 Å². The Labute approximate surface area is 139 Å². The van der Waals surface area contributed by atoms with Gasteiger partial charge in [-0.25, -0.2) is 4.79 Å². The summed E-state index contributed by atoms with van der Waals surface area (Å²) in [4.78, 5) is 11.8. The average molecular weight is 316 g/mol. The predicted molar refractivity (Wildman–Crippen MR) is 93.2 cm³/mol. The summed E-state index contributed by atoms with van der Waals surface area (Å²) in [5.74, 6) is 0. The number of nitrogens with one attached hydrogen (secondary N) is 2. The Balaban J connectivity index is 1.80.